The quantitative estimate of drug-likeness (QED) is 0.680. The summed E-state index contributed by atoms with van der Waals surface area (Å²) in [7, 11) is 0. The average molecular weight is 195 g/mol. The summed E-state index contributed by atoms with van der Waals surface area (Å²) in [4.78, 5) is 7.90. The largest absolute Gasteiger partial charge is 0.275 e. The van der Waals surface area contributed by atoms with Crippen LogP contribution in [0.3, 0.4) is 0 Å². The molecule has 2 aromatic heterocycles. The molecule has 0 saturated heterocycles. The summed E-state index contributed by atoms with van der Waals surface area (Å²) in [6, 6.07) is 8.91. The third-order valence-electron chi connectivity index (χ3n) is 1.84. The normalized spacial score (nSPS) is 9.20. The van der Waals surface area contributed by atoms with Gasteiger partial charge >= 0.3 is 0 Å². The molecule has 0 atom stereocenters. The fraction of sp³-hybridized carbons (Fsp3) is 0. The molecule has 0 amide bonds. The van der Waals surface area contributed by atoms with Crippen molar-refractivity contribution in [3.05, 3.63) is 42.1 Å². The molecule has 0 N–H and O–H groups in total. The minimum absolute atomic E-state index is 0.248. The second-order valence-corrected chi connectivity index (χ2v) is 2.73. The smallest absolute Gasteiger partial charge is 0.218 e. The second kappa shape index (κ2) is 3.60. The molecule has 0 fully saturated rings. The van der Waals surface area contributed by atoms with E-state index < -0.39 is 0 Å². The number of nitriles is 2. The predicted octanol–water partition coefficient (Wildman–Crippen LogP) is 1.01. The maximum atomic E-state index is 8.77. The van der Waals surface area contributed by atoms with E-state index >= 15 is 0 Å². The van der Waals surface area contributed by atoms with Crippen LogP contribution in [0.1, 0.15) is 11.5 Å². The van der Waals surface area contributed by atoms with E-state index in [2.05, 4.69) is 9.97 Å². The van der Waals surface area contributed by atoms with Crippen molar-refractivity contribution in [2.45, 2.75) is 0 Å². The molecule has 0 bridgehead atoms. The van der Waals surface area contributed by atoms with E-state index in [9.17, 15) is 0 Å². The van der Waals surface area contributed by atoms with Gasteiger partial charge in [0.1, 0.15) is 23.7 Å². The Morgan fingerprint density at radius 3 is 2.80 bits per heavy atom. The molecule has 0 spiro atoms. The predicted molar refractivity (Wildman–Crippen MR) is 50.8 cm³/mol. The zero-order valence-electron chi connectivity index (χ0n) is 7.62. The van der Waals surface area contributed by atoms with E-state index in [-0.39, 0.29) is 5.82 Å². The highest BCUT2D eigenvalue weighted by Crippen LogP contribution is 2.07. The second-order valence-electron chi connectivity index (χ2n) is 2.73. The molecular formula is C10H5N5. The van der Waals surface area contributed by atoms with Gasteiger partial charge in [-0.1, -0.05) is 6.07 Å². The Morgan fingerprint density at radius 1 is 1.20 bits per heavy atom. The highest BCUT2D eigenvalue weighted by Gasteiger charge is 2.05. The van der Waals surface area contributed by atoms with Gasteiger partial charge in [-0.2, -0.15) is 10.5 Å². The Morgan fingerprint density at radius 2 is 2.07 bits per heavy atom. The molecule has 5 nitrogen and oxygen atoms in total. The van der Waals surface area contributed by atoms with Gasteiger partial charge in [-0.15, -0.1) is 0 Å². The number of hydrogen-bond acceptors (Lipinski definition) is 4. The van der Waals surface area contributed by atoms with E-state index in [1.807, 2.05) is 12.1 Å². The van der Waals surface area contributed by atoms with Gasteiger partial charge in [0.2, 0.25) is 5.82 Å². The molecule has 15 heavy (non-hydrogen) atoms. The first-order valence-electron chi connectivity index (χ1n) is 4.16. The highest BCUT2D eigenvalue weighted by molar-refractivity contribution is 5.33. The highest BCUT2D eigenvalue weighted by atomic mass is 15.1. The zero-order chi connectivity index (χ0) is 10.7. The zero-order valence-corrected chi connectivity index (χ0v) is 7.62. The van der Waals surface area contributed by atoms with Crippen molar-refractivity contribution in [1.29, 1.82) is 10.5 Å². The van der Waals surface area contributed by atoms with Crippen LogP contribution in [0.2, 0.25) is 0 Å². The van der Waals surface area contributed by atoms with E-state index in [1.165, 1.54) is 10.8 Å². The van der Waals surface area contributed by atoms with Crippen LogP contribution < -0.4 is 0 Å². The van der Waals surface area contributed by atoms with Crippen LogP contribution in [0, 0.1) is 22.7 Å². The van der Waals surface area contributed by atoms with Crippen molar-refractivity contribution in [2.24, 2.45) is 0 Å². The number of imidazole rings is 1. The standard InChI is InChI=1S/C10H5N5/c11-6-8-2-1-3-9(14-8)15-5-4-13-10(15)7-12/h1-5H. The lowest BCUT2D eigenvalue weighted by Crippen LogP contribution is -2.00. The molecule has 0 aliphatic carbocycles. The maximum Gasteiger partial charge on any atom is 0.218 e. The van der Waals surface area contributed by atoms with Crippen molar-refractivity contribution in [1.82, 2.24) is 14.5 Å². The molecule has 5 heteroatoms. The lowest BCUT2D eigenvalue weighted by molar-refractivity contribution is 0.962. The minimum atomic E-state index is 0.248. The summed E-state index contributed by atoms with van der Waals surface area (Å²) in [5.74, 6) is 0.765. The number of aromatic nitrogens is 3. The molecule has 2 rings (SSSR count). The van der Waals surface area contributed by atoms with Gasteiger partial charge in [-0.25, -0.2) is 9.97 Å². The lowest BCUT2D eigenvalue weighted by atomic mass is 10.3. The summed E-state index contributed by atoms with van der Waals surface area (Å²) in [6.45, 7) is 0. The third-order valence-corrected chi connectivity index (χ3v) is 1.84. The van der Waals surface area contributed by atoms with Crippen LogP contribution in [0.15, 0.2) is 30.6 Å². The van der Waals surface area contributed by atoms with Crippen molar-refractivity contribution < 1.29 is 0 Å². The van der Waals surface area contributed by atoms with Crippen LogP contribution in [-0.4, -0.2) is 14.5 Å². The number of hydrogen-bond donors (Lipinski definition) is 0. The van der Waals surface area contributed by atoms with E-state index in [1.54, 1.807) is 24.4 Å². The monoisotopic (exact) mass is 195 g/mol. The Balaban J connectivity index is 2.56. The van der Waals surface area contributed by atoms with Crippen LogP contribution in [0.4, 0.5) is 0 Å². The number of nitrogens with zero attached hydrogens (tertiary/aromatic N) is 5. The molecule has 2 aromatic rings. The van der Waals surface area contributed by atoms with Crippen LogP contribution in [0.25, 0.3) is 5.82 Å². The molecule has 0 saturated carbocycles. The summed E-state index contributed by atoms with van der Waals surface area (Å²) < 4.78 is 1.53. The van der Waals surface area contributed by atoms with Gasteiger partial charge in [-0.3, -0.25) is 4.57 Å². The summed E-state index contributed by atoms with van der Waals surface area (Å²) in [6.07, 6.45) is 3.14. The van der Waals surface area contributed by atoms with E-state index in [0.29, 0.717) is 11.5 Å². The summed E-state index contributed by atoms with van der Waals surface area (Å²) in [5, 5.41) is 17.5. The third kappa shape index (κ3) is 1.54. The Hall–Kier alpha value is -2.66. The van der Waals surface area contributed by atoms with Crippen LogP contribution in [-0.2, 0) is 0 Å². The summed E-state index contributed by atoms with van der Waals surface area (Å²) >= 11 is 0. The van der Waals surface area contributed by atoms with Gasteiger partial charge in [0.15, 0.2) is 0 Å². The minimum Gasteiger partial charge on any atom is -0.275 e. The molecule has 0 aliphatic rings. The number of pyridine rings is 1. The fourth-order valence-electron chi connectivity index (χ4n) is 1.19. The molecular weight excluding hydrogens is 190 g/mol. The molecule has 0 aliphatic heterocycles. The van der Waals surface area contributed by atoms with E-state index in [0.717, 1.165) is 0 Å². The molecule has 2 heterocycles. The topological polar surface area (TPSA) is 78.3 Å². The first-order chi connectivity index (χ1) is 7.35. The van der Waals surface area contributed by atoms with Gasteiger partial charge in [-0.05, 0) is 12.1 Å². The Kier molecular flexibility index (Phi) is 2.14. The Labute approximate surface area is 85.9 Å². The summed E-state index contributed by atoms with van der Waals surface area (Å²) in [5.41, 5.74) is 0.310. The van der Waals surface area contributed by atoms with Gasteiger partial charge in [0, 0.05) is 12.4 Å². The lowest BCUT2D eigenvalue weighted by Gasteiger charge is -2.01. The van der Waals surface area contributed by atoms with Crippen molar-refractivity contribution in [2.75, 3.05) is 0 Å². The van der Waals surface area contributed by atoms with Crippen LogP contribution in [0.5, 0.6) is 0 Å². The SMILES string of the molecule is N#Cc1cccc(-n2ccnc2C#N)n1. The average Bonchev–Trinajstić information content (AvgIpc) is 2.77. The number of rotatable bonds is 1. The first kappa shape index (κ1) is 8.92. The molecule has 0 aromatic carbocycles. The van der Waals surface area contributed by atoms with Crippen molar-refractivity contribution >= 4 is 0 Å². The van der Waals surface area contributed by atoms with E-state index in [4.69, 9.17) is 10.5 Å². The van der Waals surface area contributed by atoms with Crippen LogP contribution >= 0.6 is 0 Å². The van der Waals surface area contributed by atoms with Gasteiger partial charge in [0.05, 0.1) is 0 Å². The molecule has 0 unspecified atom stereocenters. The molecule has 0 radical (unpaired) electrons. The maximum absolute atomic E-state index is 8.77. The molecule has 70 valence electrons. The van der Waals surface area contributed by atoms with Gasteiger partial charge in [0.25, 0.3) is 0 Å². The van der Waals surface area contributed by atoms with Gasteiger partial charge < -0.3 is 0 Å². The first-order valence-corrected chi connectivity index (χ1v) is 4.16. The van der Waals surface area contributed by atoms with Crippen molar-refractivity contribution in [3.63, 3.8) is 0 Å². The van der Waals surface area contributed by atoms with Crippen molar-refractivity contribution in [3.8, 4) is 18.0 Å². The fourth-order valence-corrected chi connectivity index (χ4v) is 1.19. The Bertz CT molecular complexity index is 570.